The van der Waals surface area contributed by atoms with Crippen LogP contribution in [0.3, 0.4) is 0 Å². The van der Waals surface area contributed by atoms with Crippen molar-refractivity contribution >= 4 is 40.7 Å². The Morgan fingerprint density at radius 2 is 1.90 bits per heavy atom. The second-order valence-electron chi connectivity index (χ2n) is 4.33. The molecule has 4 nitrogen and oxygen atoms in total. The van der Waals surface area contributed by atoms with Gasteiger partial charge in [0.2, 0.25) is 5.95 Å². The van der Waals surface area contributed by atoms with Crippen LogP contribution in [0.1, 0.15) is 19.8 Å². The Labute approximate surface area is 128 Å². The maximum Gasteiger partial charge on any atom is 0.229 e. The van der Waals surface area contributed by atoms with E-state index in [1.54, 1.807) is 24.4 Å². The maximum atomic E-state index is 5.95. The van der Waals surface area contributed by atoms with Gasteiger partial charge in [0, 0.05) is 28.5 Å². The van der Waals surface area contributed by atoms with E-state index in [-0.39, 0.29) is 0 Å². The highest BCUT2D eigenvalue weighted by molar-refractivity contribution is 6.35. The lowest BCUT2D eigenvalue weighted by Crippen LogP contribution is -2.05. The number of benzene rings is 1. The molecule has 0 radical (unpaired) electrons. The number of hydrogen-bond acceptors (Lipinski definition) is 4. The molecular formula is C14H16Cl2N4. The first-order valence-corrected chi connectivity index (χ1v) is 7.23. The van der Waals surface area contributed by atoms with Gasteiger partial charge < -0.3 is 10.6 Å². The van der Waals surface area contributed by atoms with Crippen LogP contribution < -0.4 is 10.6 Å². The summed E-state index contributed by atoms with van der Waals surface area (Å²) in [6.07, 6.45) is 3.95. The molecule has 0 aliphatic heterocycles. The Bertz CT molecular complexity index is 555. The van der Waals surface area contributed by atoms with E-state index in [1.807, 2.05) is 6.07 Å². The molecule has 0 spiro atoms. The van der Waals surface area contributed by atoms with E-state index in [9.17, 15) is 0 Å². The SMILES string of the molecule is CCCCNc1ccnc(Nc2cc(Cl)cc(Cl)c2)n1. The first-order chi connectivity index (χ1) is 9.67. The largest absolute Gasteiger partial charge is 0.370 e. The van der Waals surface area contributed by atoms with Crippen molar-refractivity contribution in [2.75, 3.05) is 17.2 Å². The zero-order valence-corrected chi connectivity index (χ0v) is 12.7. The van der Waals surface area contributed by atoms with Crippen LogP contribution >= 0.6 is 23.2 Å². The molecule has 0 amide bonds. The second kappa shape index (κ2) is 7.31. The van der Waals surface area contributed by atoms with Gasteiger partial charge in [-0.2, -0.15) is 4.98 Å². The summed E-state index contributed by atoms with van der Waals surface area (Å²) in [6, 6.07) is 7.06. The van der Waals surface area contributed by atoms with Crippen molar-refractivity contribution in [3.05, 3.63) is 40.5 Å². The molecule has 0 atom stereocenters. The normalized spacial score (nSPS) is 10.3. The van der Waals surface area contributed by atoms with Gasteiger partial charge in [0.15, 0.2) is 0 Å². The topological polar surface area (TPSA) is 49.8 Å². The molecule has 6 heteroatoms. The van der Waals surface area contributed by atoms with Crippen LogP contribution in [-0.2, 0) is 0 Å². The predicted octanol–water partition coefficient (Wildman–Crippen LogP) is 4.74. The molecule has 1 aromatic carbocycles. The Morgan fingerprint density at radius 3 is 2.60 bits per heavy atom. The van der Waals surface area contributed by atoms with Gasteiger partial charge in [0.25, 0.3) is 0 Å². The monoisotopic (exact) mass is 310 g/mol. The number of halogens is 2. The number of unbranched alkanes of at least 4 members (excludes halogenated alkanes) is 1. The van der Waals surface area contributed by atoms with E-state index in [2.05, 4.69) is 27.5 Å². The van der Waals surface area contributed by atoms with Gasteiger partial charge in [0.05, 0.1) is 0 Å². The molecule has 2 aromatic rings. The van der Waals surface area contributed by atoms with Crippen molar-refractivity contribution in [2.24, 2.45) is 0 Å². The molecule has 0 unspecified atom stereocenters. The molecule has 0 aliphatic carbocycles. The fourth-order valence-electron chi connectivity index (χ4n) is 1.67. The number of nitrogens with zero attached hydrogens (tertiary/aromatic N) is 2. The zero-order valence-electron chi connectivity index (χ0n) is 11.2. The van der Waals surface area contributed by atoms with Gasteiger partial charge >= 0.3 is 0 Å². The Balaban J connectivity index is 2.07. The fraction of sp³-hybridized carbons (Fsp3) is 0.286. The summed E-state index contributed by atoms with van der Waals surface area (Å²) < 4.78 is 0. The molecule has 0 aliphatic rings. The molecule has 2 N–H and O–H groups in total. The maximum absolute atomic E-state index is 5.95. The molecule has 1 aromatic heterocycles. The van der Waals surface area contributed by atoms with Crippen molar-refractivity contribution in [3.63, 3.8) is 0 Å². The van der Waals surface area contributed by atoms with Crippen LogP contribution in [0.5, 0.6) is 0 Å². The van der Waals surface area contributed by atoms with Crippen LogP contribution in [0.2, 0.25) is 10.0 Å². The van der Waals surface area contributed by atoms with Gasteiger partial charge in [-0.3, -0.25) is 0 Å². The van der Waals surface area contributed by atoms with Gasteiger partial charge in [-0.25, -0.2) is 4.98 Å². The number of aromatic nitrogens is 2. The third kappa shape index (κ3) is 4.54. The minimum absolute atomic E-state index is 0.504. The zero-order chi connectivity index (χ0) is 14.4. The summed E-state index contributed by atoms with van der Waals surface area (Å²) in [5.41, 5.74) is 0.758. The first-order valence-electron chi connectivity index (χ1n) is 6.47. The van der Waals surface area contributed by atoms with Gasteiger partial charge in [-0.05, 0) is 30.7 Å². The number of nitrogens with one attached hydrogen (secondary N) is 2. The van der Waals surface area contributed by atoms with E-state index >= 15 is 0 Å². The highest BCUT2D eigenvalue weighted by Crippen LogP contribution is 2.24. The van der Waals surface area contributed by atoms with Gasteiger partial charge in [-0.1, -0.05) is 36.5 Å². The van der Waals surface area contributed by atoms with Crippen LogP contribution in [0.15, 0.2) is 30.5 Å². The summed E-state index contributed by atoms with van der Waals surface area (Å²) in [6.45, 7) is 3.05. The third-order valence-corrected chi connectivity index (χ3v) is 3.05. The van der Waals surface area contributed by atoms with Crippen molar-refractivity contribution < 1.29 is 0 Å². The van der Waals surface area contributed by atoms with Crippen molar-refractivity contribution in [1.29, 1.82) is 0 Å². The van der Waals surface area contributed by atoms with Crippen LogP contribution in [0, 0.1) is 0 Å². The second-order valence-corrected chi connectivity index (χ2v) is 5.20. The average molecular weight is 311 g/mol. The number of hydrogen-bond donors (Lipinski definition) is 2. The highest BCUT2D eigenvalue weighted by atomic mass is 35.5. The lowest BCUT2D eigenvalue weighted by atomic mass is 10.3. The van der Waals surface area contributed by atoms with E-state index in [4.69, 9.17) is 23.2 Å². The summed E-state index contributed by atoms with van der Waals surface area (Å²) in [5, 5.41) is 7.47. The van der Waals surface area contributed by atoms with Gasteiger partial charge in [-0.15, -0.1) is 0 Å². The molecule has 0 bridgehead atoms. The lowest BCUT2D eigenvalue weighted by molar-refractivity contribution is 0.830. The first kappa shape index (κ1) is 14.9. The Hall–Kier alpha value is -1.52. The van der Waals surface area contributed by atoms with Crippen molar-refractivity contribution in [1.82, 2.24) is 9.97 Å². The lowest BCUT2D eigenvalue weighted by Gasteiger charge is -2.08. The molecule has 1 heterocycles. The molecule has 0 saturated carbocycles. The van der Waals surface area contributed by atoms with E-state index in [1.165, 1.54) is 0 Å². The van der Waals surface area contributed by atoms with Gasteiger partial charge in [0.1, 0.15) is 5.82 Å². The molecule has 0 saturated heterocycles. The number of anilines is 3. The summed E-state index contributed by atoms with van der Waals surface area (Å²) in [5.74, 6) is 1.30. The minimum atomic E-state index is 0.504. The number of rotatable bonds is 6. The Morgan fingerprint density at radius 1 is 1.15 bits per heavy atom. The average Bonchev–Trinajstić information content (AvgIpc) is 2.38. The van der Waals surface area contributed by atoms with Crippen molar-refractivity contribution in [3.8, 4) is 0 Å². The minimum Gasteiger partial charge on any atom is -0.370 e. The van der Waals surface area contributed by atoms with E-state index < -0.39 is 0 Å². The van der Waals surface area contributed by atoms with E-state index in [0.717, 1.165) is 30.9 Å². The smallest absolute Gasteiger partial charge is 0.229 e. The van der Waals surface area contributed by atoms with Crippen molar-refractivity contribution in [2.45, 2.75) is 19.8 Å². The molecule has 20 heavy (non-hydrogen) atoms. The van der Waals surface area contributed by atoms with E-state index in [0.29, 0.717) is 16.0 Å². The van der Waals surface area contributed by atoms with Crippen LogP contribution in [0.4, 0.5) is 17.5 Å². The molecular weight excluding hydrogens is 295 g/mol. The molecule has 2 rings (SSSR count). The molecule has 106 valence electrons. The summed E-state index contributed by atoms with van der Waals surface area (Å²) >= 11 is 11.9. The van der Waals surface area contributed by atoms with Crippen LogP contribution in [-0.4, -0.2) is 16.5 Å². The molecule has 0 fully saturated rings. The summed E-state index contributed by atoms with van der Waals surface area (Å²) in [4.78, 5) is 8.55. The quantitative estimate of drug-likeness (QED) is 0.757. The predicted molar refractivity (Wildman–Crippen MR) is 85.2 cm³/mol. The Kier molecular flexibility index (Phi) is 5.44. The standard InChI is InChI=1S/C14H16Cl2N4/c1-2-3-5-17-13-4-6-18-14(20-13)19-12-8-10(15)7-11(16)9-12/h4,6-9H,2-3,5H2,1H3,(H2,17,18,19,20). The summed E-state index contributed by atoms with van der Waals surface area (Å²) in [7, 11) is 0. The fourth-order valence-corrected chi connectivity index (χ4v) is 2.19. The highest BCUT2D eigenvalue weighted by Gasteiger charge is 2.02. The van der Waals surface area contributed by atoms with Crippen LogP contribution in [0.25, 0.3) is 0 Å². The third-order valence-electron chi connectivity index (χ3n) is 2.61.